The Morgan fingerprint density at radius 3 is 1.80 bits per heavy atom. The van der Waals surface area contributed by atoms with Crippen LogP contribution in [-0.4, -0.2) is 15.1 Å². The van der Waals surface area contributed by atoms with Crippen molar-refractivity contribution in [2.45, 2.75) is 25.8 Å². The molecular weight excluding hydrogens is 363 g/mol. The molecule has 0 atom stereocenters. The highest BCUT2D eigenvalue weighted by molar-refractivity contribution is 9.08. The number of alkyl halides is 1. The summed E-state index contributed by atoms with van der Waals surface area (Å²) in [5.74, 6) is 0. The van der Waals surface area contributed by atoms with Crippen molar-refractivity contribution in [2.75, 3.05) is 0 Å². The van der Waals surface area contributed by atoms with Gasteiger partial charge in [0.1, 0.15) is 10.3 Å². The van der Waals surface area contributed by atoms with Gasteiger partial charge in [-0.05, 0) is 48.2 Å². The van der Waals surface area contributed by atoms with Gasteiger partial charge in [-0.2, -0.15) is 0 Å². The lowest BCUT2D eigenvalue weighted by atomic mass is 10.2. The van der Waals surface area contributed by atoms with E-state index < -0.39 is 0 Å². The lowest BCUT2D eigenvalue weighted by Gasteiger charge is -1.99. The van der Waals surface area contributed by atoms with Crippen LogP contribution >= 0.6 is 39.1 Å². The second-order valence-corrected chi connectivity index (χ2v) is 5.49. The van der Waals surface area contributed by atoms with E-state index in [2.05, 4.69) is 25.9 Å². The van der Waals surface area contributed by atoms with Crippen LogP contribution in [0.5, 0.6) is 0 Å². The first kappa shape index (κ1) is 17.4. The van der Waals surface area contributed by atoms with Crippen molar-refractivity contribution in [3.8, 4) is 0 Å². The fourth-order valence-electron chi connectivity index (χ4n) is 1.41. The summed E-state index contributed by atoms with van der Waals surface area (Å²) in [7, 11) is 0. The number of aliphatic hydroxyl groups is 1. The molecule has 0 aliphatic carbocycles. The van der Waals surface area contributed by atoms with Crippen LogP contribution in [0.15, 0.2) is 24.5 Å². The summed E-state index contributed by atoms with van der Waals surface area (Å²) in [6, 6.07) is 3.59. The Morgan fingerprint density at radius 2 is 1.45 bits per heavy atom. The van der Waals surface area contributed by atoms with Crippen molar-refractivity contribution < 1.29 is 5.11 Å². The predicted molar refractivity (Wildman–Crippen MR) is 86.5 cm³/mol. The molecule has 3 nitrogen and oxygen atoms in total. The van der Waals surface area contributed by atoms with Crippen molar-refractivity contribution in [1.29, 1.82) is 0 Å². The van der Waals surface area contributed by atoms with Gasteiger partial charge in [0.2, 0.25) is 0 Å². The van der Waals surface area contributed by atoms with Gasteiger partial charge < -0.3 is 5.11 Å². The summed E-state index contributed by atoms with van der Waals surface area (Å²) in [6.07, 6.45) is 3.37. The van der Waals surface area contributed by atoms with E-state index >= 15 is 0 Å². The van der Waals surface area contributed by atoms with E-state index in [4.69, 9.17) is 28.3 Å². The van der Waals surface area contributed by atoms with E-state index in [0.717, 1.165) is 16.5 Å². The maximum atomic E-state index is 8.73. The minimum Gasteiger partial charge on any atom is -0.392 e. The van der Waals surface area contributed by atoms with E-state index in [1.165, 1.54) is 11.1 Å². The summed E-state index contributed by atoms with van der Waals surface area (Å²) in [5, 5.41) is 10.6. The highest BCUT2D eigenvalue weighted by Gasteiger charge is 1.97. The molecule has 0 unspecified atom stereocenters. The maximum Gasteiger partial charge on any atom is 0.129 e. The van der Waals surface area contributed by atoms with Crippen LogP contribution in [0.3, 0.4) is 0 Å². The van der Waals surface area contributed by atoms with E-state index in [1.54, 1.807) is 18.5 Å². The summed E-state index contributed by atoms with van der Waals surface area (Å²) in [6.45, 7) is 3.93. The average molecular weight is 378 g/mol. The Morgan fingerprint density at radius 1 is 1.00 bits per heavy atom. The van der Waals surface area contributed by atoms with E-state index in [9.17, 15) is 0 Å². The van der Waals surface area contributed by atoms with E-state index in [-0.39, 0.29) is 6.61 Å². The minimum atomic E-state index is 0.0238. The van der Waals surface area contributed by atoms with Crippen molar-refractivity contribution in [2.24, 2.45) is 0 Å². The van der Waals surface area contributed by atoms with Gasteiger partial charge in [-0.15, -0.1) is 0 Å². The summed E-state index contributed by atoms with van der Waals surface area (Å²) in [4.78, 5) is 7.76. The molecule has 6 heteroatoms. The molecule has 0 bridgehead atoms. The first-order chi connectivity index (χ1) is 9.47. The topological polar surface area (TPSA) is 46.0 Å². The molecule has 0 aliphatic heterocycles. The lowest BCUT2D eigenvalue weighted by Crippen LogP contribution is -1.89. The van der Waals surface area contributed by atoms with Crippen LogP contribution in [-0.2, 0) is 11.9 Å². The molecule has 0 aromatic carbocycles. The molecule has 1 N–H and O–H groups in total. The molecule has 0 aliphatic rings. The second kappa shape index (κ2) is 8.57. The molecule has 0 saturated heterocycles. The maximum absolute atomic E-state index is 8.73. The number of aliphatic hydroxyl groups excluding tert-OH is 1. The molecule has 0 amide bonds. The SMILES string of the molecule is Cc1cc(Cl)ncc1CBr.Cc1cc(Cl)ncc1CO. The van der Waals surface area contributed by atoms with Crippen LogP contribution in [0.25, 0.3) is 0 Å². The van der Waals surface area contributed by atoms with E-state index in [1.807, 2.05) is 19.9 Å². The Kier molecular flexibility index (Phi) is 7.45. The molecule has 20 heavy (non-hydrogen) atoms. The zero-order valence-corrected chi connectivity index (χ0v) is 14.3. The summed E-state index contributed by atoms with van der Waals surface area (Å²) < 4.78 is 0. The number of hydrogen-bond donors (Lipinski definition) is 1. The quantitative estimate of drug-likeness (QED) is 0.620. The smallest absolute Gasteiger partial charge is 0.129 e. The molecule has 2 heterocycles. The third-order valence-electron chi connectivity index (χ3n) is 2.69. The number of nitrogens with zero attached hydrogens (tertiary/aromatic N) is 2. The largest absolute Gasteiger partial charge is 0.392 e. The third kappa shape index (κ3) is 5.37. The molecule has 0 fully saturated rings. The van der Waals surface area contributed by atoms with Crippen molar-refractivity contribution in [3.05, 3.63) is 57.1 Å². The third-order valence-corrected chi connectivity index (χ3v) is 3.70. The average Bonchev–Trinajstić information content (AvgIpc) is 2.40. The monoisotopic (exact) mass is 376 g/mol. The number of rotatable bonds is 2. The van der Waals surface area contributed by atoms with Crippen LogP contribution in [0, 0.1) is 13.8 Å². The molecule has 2 rings (SSSR count). The van der Waals surface area contributed by atoms with Gasteiger partial charge in [0, 0.05) is 17.7 Å². The molecular formula is C14H15BrCl2N2O. The van der Waals surface area contributed by atoms with Crippen LogP contribution in [0.2, 0.25) is 10.3 Å². The second-order valence-electron chi connectivity index (χ2n) is 4.16. The number of halogens is 3. The van der Waals surface area contributed by atoms with Gasteiger partial charge in [0.15, 0.2) is 0 Å². The van der Waals surface area contributed by atoms with Gasteiger partial charge in [-0.1, -0.05) is 39.1 Å². The summed E-state index contributed by atoms with van der Waals surface area (Å²) in [5.41, 5.74) is 4.16. The highest BCUT2D eigenvalue weighted by Crippen LogP contribution is 2.14. The minimum absolute atomic E-state index is 0.0238. The van der Waals surface area contributed by atoms with Crippen molar-refractivity contribution >= 4 is 39.1 Å². The van der Waals surface area contributed by atoms with Gasteiger partial charge in [-0.25, -0.2) is 9.97 Å². The number of pyridine rings is 2. The van der Waals surface area contributed by atoms with Gasteiger partial charge in [0.05, 0.1) is 6.61 Å². The molecule has 2 aromatic rings. The van der Waals surface area contributed by atoms with Crippen LogP contribution < -0.4 is 0 Å². The van der Waals surface area contributed by atoms with Gasteiger partial charge in [-0.3, -0.25) is 0 Å². The van der Waals surface area contributed by atoms with Gasteiger partial charge >= 0.3 is 0 Å². The van der Waals surface area contributed by atoms with E-state index in [0.29, 0.717) is 10.3 Å². The Balaban J connectivity index is 0.000000200. The zero-order valence-electron chi connectivity index (χ0n) is 11.2. The fourth-order valence-corrected chi connectivity index (χ4v) is 2.42. The molecule has 108 valence electrons. The van der Waals surface area contributed by atoms with Crippen LogP contribution in [0.1, 0.15) is 22.3 Å². The van der Waals surface area contributed by atoms with Crippen molar-refractivity contribution in [3.63, 3.8) is 0 Å². The Bertz CT molecular complexity index is 528. The van der Waals surface area contributed by atoms with Crippen molar-refractivity contribution in [1.82, 2.24) is 9.97 Å². The standard InChI is InChI=1S/C7H7BrClN.C7H8ClNO/c1-5-2-7(9)10-4-6(5)3-8;1-5-2-7(8)9-3-6(5)4-10/h2,4H,3H2,1H3;2-3,10H,4H2,1H3. The van der Waals surface area contributed by atoms with Crippen LogP contribution in [0.4, 0.5) is 0 Å². The normalized spacial score (nSPS) is 9.90. The fraction of sp³-hybridized carbons (Fsp3) is 0.286. The molecule has 0 spiro atoms. The molecule has 2 aromatic heterocycles. The first-order valence-electron chi connectivity index (χ1n) is 5.86. The number of aryl methyl sites for hydroxylation is 2. The highest BCUT2D eigenvalue weighted by atomic mass is 79.9. The number of hydrogen-bond acceptors (Lipinski definition) is 3. The van der Waals surface area contributed by atoms with Gasteiger partial charge in [0.25, 0.3) is 0 Å². The number of aromatic nitrogens is 2. The Hall–Kier alpha value is -0.680. The predicted octanol–water partition coefficient (Wildman–Crippen LogP) is 4.47. The zero-order chi connectivity index (χ0) is 15.1. The lowest BCUT2D eigenvalue weighted by molar-refractivity contribution is 0.280. The summed E-state index contributed by atoms with van der Waals surface area (Å²) >= 11 is 14.6. The Labute approximate surface area is 137 Å². The first-order valence-corrected chi connectivity index (χ1v) is 7.74. The molecule has 0 saturated carbocycles. The molecule has 0 radical (unpaired) electrons.